The number of nitroso groups, excluding NO2 is 1. The van der Waals surface area contributed by atoms with Gasteiger partial charge in [0.15, 0.2) is 0 Å². The van der Waals surface area contributed by atoms with E-state index in [4.69, 9.17) is 0 Å². The molecule has 0 aromatic rings. The largest absolute Gasteiger partial charge is 0.673 e. The van der Waals surface area contributed by atoms with Crippen molar-refractivity contribution in [3.63, 3.8) is 0 Å². The highest BCUT2D eigenvalue weighted by molar-refractivity contribution is 8.06. The first-order valence-corrected chi connectivity index (χ1v) is 12.3. The van der Waals surface area contributed by atoms with Crippen LogP contribution in [0.25, 0.3) is 0 Å². The van der Waals surface area contributed by atoms with E-state index in [2.05, 4.69) is 107 Å². The van der Waals surface area contributed by atoms with Gasteiger partial charge in [0.1, 0.15) is 0 Å². The van der Waals surface area contributed by atoms with E-state index in [0.717, 1.165) is 21.7 Å². The maximum atomic E-state index is 13.2. The zero-order valence-corrected chi connectivity index (χ0v) is 23.5. The topological polar surface area (TPSA) is 20.1 Å². The zero-order chi connectivity index (χ0) is 27.1. The molecule has 2 nitrogen and oxygen atoms in total. The lowest BCUT2D eigenvalue weighted by atomic mass is 9.82. The second-order valence-electron chi connectivity index (χ2n) is 12.9. The summed E-state index contributed by atoms with van der Waals surface area (Å²) < 4.78 is 40.2. The molecule has 34 heavy (non-hydrogen) atoms. The Morgan fingerprint density at radius 2 is 0.853 bits per heavy atom. The molecule has 0 atom stereocenters. The van der Waals surface area contributed by atoms with Gasteiger partial charge in [-0.3, -0.25) is 0 Å². The van der Waals surface area contributed by atoms with Crippen molar-refractivity contribution in [3.8, 4) is 0 Å². The molecular weight excluding hydrogens is 461 g/mol. The van der Waals surface area contributed by atoms with E-state index >= 15 is 0 Å². The summed E-state index contributed by atoms with van der Waals surface area (Å²) in [6, 6.07) is 0. The number of hydrogen-bond acceptors (Lipinski definition) is 2. The zero-order valence-electron chi connectivity index (χ0n) is 22.7. The van der Waals surface area contributed by atoms with Gasteiger partial charge in [-0.1, -0.05) is 94.8 Å². The van der Waals surface area contributed by atoms with Crippen LogP contribution in [0.15, 0.2) is 56.7 Å². The monoisotopic (exact) mass is 501 g/mol. The summed E-state index contributed by atoms with van der Waals surface area (Å²) in [6.45, 7) is 26.3. The standard InChI is InChI=1S/C26H40NOS.BF4/c1-23(2,3)19-13-17(14-20(27(19)28)24(4,5)6)18-15-21(25(7,8)9)29-22(16-18)26(10,11)12;2-1(3,4)5/h13-16H,1-12H3;/q+1;-1. The lowest BCUT2D eigenvalue weighted by Crippen LogP contribution is -2.29. The highest BCUT2D eigenvalue weighted by Crippen LogP contribution is 2.50. The third-order valence-electron chi connectivity index (χ3n) is 5.16. The van der Waals surface area contributed by atoms with Crippen molar-refractivity contribution >= 4 is 19.0 Å². The van der Waals surface area contributed by atoms with Gasteiger partial charge in [0.2, 0.25) is 11.4 Å². The van der Waals surface area contributed by atoms with Crippen molar-refractivity contribution in [3.05, 3.63) is 61.6 Å². The van der Waals surface area contributed by atoms with E-state index in [1.807, 2.05) is 11.8 Å². The Kier molecular flexibility index (Phi) is 8.81. The first kappa shape index (κ1) is 30.5. The molecule has 2 rings (SSSR count). The molecule has 2 aliphatic heterocycles. The van der Waals surface area contributed by atoms with Gasteiger partial charge in [-0.15, -0.1) is 0 Å². The Hall–Kier alpha value is -1.57. The van der Waals surface area contributed by atoms with Crippen LogP contribution in [-0.2, 0) is 0 Å². The summed E-state index contributed by atoms with van der Waals surface area (Å²) in [5.41, 5.74) is 3.68. The van der Waals surface area contributed by atoms with Crippen molar-refractivity contribution in [2.45, 2.75) is 83.1 Å². The SMILES string of the molecule is CC(C)(C)C1=CC(=C2C=C(C(C)(C)C)[N+](=O)C(C(C)(C)C)=C2)C=C(C(C)(C)C)S1.F[B-](F)(F)F. The maximum Gasteiger partial charge on any atom is 0.673 e. The van der Waals surface area contributed by atoms with Crippen LogP contribution in [0.2, 0.25) is 0 Å². The smallest absolute Gasteiger partial charge is 0.418 e. The molecule has 192 valence electrons. The van der Waals surface area contributed by atoms with Crippen molar-refractivity contribution in [2.24, 2.45) is 21.7 Å². The average Bonchev–Trinajstić information content (AvgIpc) is 2.56. The minimum atomic E-state index is -6.00. The van der Waals surface area contributed by atoms with Crippen LogP contribution in [-0.4, -0.2) is 12.0 Å². The Morgan fingerprint density at radius 3 is 1.09 bits per heavy atom. The minimum absolute atomic E-state index is 0.0770. The quantitative estimate of drug-likeness (QED) is 0.187. The maximum absolute atomic E-state index is 13.2. The molecule has 0 bridgehead atoms. The average molecular weight is 501 g/mol. The lowest BCUT2D eigenvalue weighted by molar-refractivity contribution is -0.473. The van der Waals surface area contributed by atoms with Crippen LogP contribution >= 0.6 is 11.8 Å². The molecule has 0 aromatic carbocycles. The van der Waals surface area contributed by atoms with Crippen LogP contribution in [0.4, 0.5) is 17.3 Å². The highest BCUT2D eigenvalue weighted by atomic mass is 32.2. The predicted molar refractivity (Wildman–Crippen MR) is 139 cm³/mol. The Bertz CT molecular complexity index is 897. The summed E-state index contributed by atoms with van der Waals surface area (Å²) in [5.74, 6) is 0. The fraction of sp³-hybridized carbons (Fsp3) is 0.615. The molecule has 0 saturated heterocycles. The van der Waals surface area contributed by atoms with Gasteiger partial charge >= 0.3 is 7.25 Å². The second kappa shape index (κ2) is 9.83. The van der Waals surface area contributed by atoms with Crippen LogP contribution in [0.5, 0.6) is 0 Å². The van der Waals surface area contributed by atoms with Crippen LogP contribution in [0, 0.1) is 26.6 Å². The number of halogens is 4. The first-order chi connectivity index (χ1) is 14.8. The molecule has 0 unspecified atom stereocenters. The highest BCUT2D eigenvalue weighted by Gasteiger charge is 2.43. The van der Waals surface area contributed by atoms with Gasteiger partial charge in [-0.05, 0) is 43.9 Å². The van der Waals surface area contributed by atoms with E-state index in [-0.39, 0.29) is 21.7 Å². The van der Waals surface area contributed by atoms with Crippen LogP contribution in [0.1, 0.15) is 83.1 Å². The van der Waals surface area contributed by atoms with E-state index in [1.54, 1.807) is 0 Å². The number of thioether (sulfide) groups is 1. The number of nitrogens with zero attached hydrogens (tertiary/aromatic N) is 1. The molecule has 2 heterocycles. The number of allylic oxidation sites excluding steroid dienone is 10. The summed E-state index contributed by atoms with van der Waals surface area (Å²) in [5, 5.41) is 0. The molecule has 0 amide bonds. The van der Waals surface area contributed by atoms with Gasteiger partial charge in [0.25, 0.3) is 0 Å². The van der Waals surface area contributed by atoms with E-state index in [0.29, 0.717) is 0 Å². The Morgan fingerprint density at radius 1 is 0.588 bits per heavy atom. The molecule has 8 heteroatoms. The van der Waals surface area contributed by atoms with Crippen LogP contribution in [0.3, 0.4) is 0 Å². The van der Waals surface area contributed by atoms with Crippen molar-refractivity contribution in [1.82, 2.24) is 0 Å². The minimum Gasteiger partial charge on any atom is -0.418 e. The third-order valence-corrected chi connectivity index (χ3v) is 7.06. The fourth-order valence-electron chi connectivity index (χ4n) is 3.20. The van der Waals surface area contributed by atoms with Crippen molar-refractivity contribution in [1.29, 1.82) is 0 Å². The second-order valence-corrected chi connectivity index (χ2v) is 14.0. The number of rotatable bonds is 0. The molecule has 2 aliphatic rings. The lowest BCUT2D eigenvalue weighted by Gasteiger charge is -2.32. The van der Waals surface area contributed by atoms with Crippen molar-refractivity contribution in [2.75, 3.05) is 0 Å². The summed E-state index contributed by atoms with van der Waals surface area (Å²) in [6.07, 6.45) is 8.84. The molecule has 0 radical (unpaired) electrons. The van der Waals surface area contributed by atoms with Crippen molar-refractivity contribution < 1.29 is 22.0 Å². The van der Waals surface area contributed by atoms with Gasteiger partial charge in [0.05, 0.1) is 15.6 Å². The van der Waals surface area contributed by atoms with E-state index in [1.165, 1.54) is 15.4 Å². The molecule has 0 aromatic heterocycles. The van der Waals surface area contributed by atoms with Gasteiger partial charge in [-0.2, -0.15) is 0 Å². The fourth-order valence-corrected chi connectivity index (χ4v) is 4.42. The van der Waals surface area contributed by atoms with Crippen LogP contribution < -0.4 is 0 Å². The Labute approximate surface area is 207 Å². The van der Waals surface area contributed by atoms with E-state index in [9.17, 15) is 22.2 Å². The molecule has 0 spiro atoms. The Balaban J connectivity index is 0.00000104. The number of hydrogen-bond donors (Lipinski definition) is 0. The van der Waals surface area contributed by atoms with E-state index < -0.39 is 7.25 Å². The third kappa shape index (κ3) is 8.90. The van der Waals surface area contributed by atoms with Gasteiger partial charge in [0, 0.05) is 17.1 Å². The summed E-state index contributed by atoms with van der Waals surface area (Å²) in [7, 11) is -6.00. The molecule has 0 fully saturated rings. The predicted octanol–water partition coefficient (Wildman–Crippen LogP) is 9.84. The first-order valence-electron chi connectivity index (χ1n) is 11.5. The van der Waals surface area contributed by atoms with Gasteiger partial charge < -0.3 is 17.3 Å². The summed E-state index contributed by atoms with van der Waals surface area (Å²) in [4.78, 5) is 16.0. The molecule has 0 aliphatic carbocycles. The summed E-state index contributed by atoms with van der Waals surface area (Å²) >= 11 is 1.90. The molecule has 0 N–H and O–H groups in total. The normalized spacial score (nSPS) is 18.5. The molecule has 0 saturated carbocycles. The van der Waals surface area contributed by atoms with Gasteiger partial charge in [-0.25, -0.2) is 0 Å². The molecular formula is C26H40BF4NOS.